The zero-order chi connectivity index (χ0) is 11.8. The van der Waals surface area contributed by atoms with Crippen LogP contribution in [-0.4, -0.2) is 32.1 Å². The lowest BCUT2D eigenvalue weighted by atomic mass is 9.91. The average Bonchev–Trinajstić information content (AvgIpc) is 2.61. The summed E-state index contributed by atoms with van der Waals surface area (Å²) in [6.07, 6.45) is 2.13. The highest BCUT2D eigenvalue weighted by Gasteiger charge is 2.25. The number of rotatable bonds is 1. The normalized spacial score (nSPS) is 16.1. The van der Waals surface area contributed by atoms with Gasteiger partial charge in [-0.25, -0.2) is 9.67 Å². The van der Waals surface area contributed by atoms with E-state index in [1.54, 1.807) is 6.33 Å². The Morgan fingerprint density at radius 2 is 2.19 bits per heavy atom. The summed E-state index contributed by atoms with van der Waals surface area (Å²) in [4.78, 5) is 18.0. The molecule has 5 nitrogen and oxygen atoms in total. The number of carbonyl (C=O) groups excluding carboxylic acids is 1. The van der Waals surface area contributed by atoms with Crippen molar-refractivity contribution >= 4 is 5.91 Å². The van der Waals surface area contributed by atoms with Gasteiger partial charge in [-0.2, -0.15) is 5.10 Å². The van der Waals surface area contributed by atoms with Gasteiger partial charge in [0.1, 0.15) is 12.2 Å². The third-order valence-corrected chi connectivity index (χ3v) is 2.64. The van der Waals surface area contributed by atoms with Gasteiger partial charge < -0.3 is 4.90 Å². The smallest absolute Gasteiger partial charge is 0.223 e. The molecule has 0 saturated carbocycles. The van der Waals surface area contributed by atoms with E-state index >= 15 is 0 Å². The Labute approximate surface area is 95.5 Å². The molecule has 0 fully saturated rings. The van der Waals surface area contributed by atoms with Crippen molar-refractivity contribution < 1.29 is 4.79 Å². The number of amides is 1. The summed E-state index contributed by atoms with van der Waals surface area (Å²) in [7, 11) is 0. The lowest BCUT2D eigenvalue weighted by Crippen LogP contribution is -2.40. The minimum atomic E-state index is 0.0439. The van der Waals surface area contributed by atoms with Gasteiger partial charge in [-0.05, 0) is 5.41 Å². The third-order valence-electron chi connectivity index (χ3n) is 2.64. The van der Waals surface area contributed by atoms with Crippen LogP contribution in [-0.2, 0) is 17.9 Å². The first-order valence-corrected chi connectivity index (χ1v) is 5.60. The fraction of sp³-hybridized carbons (Fsp3) is 0.727. The molecule has 0 N–H and O–H groups in total. The zero-order valence-electron chi connectivity index (χ0n) is 10.1. The van der Waals surface area contributed by atoms with Crippen molar-refractivity contribution in [2.75, 3.05) is 6.54 Å². The minimum Gasteiger partial charge on any atom is -0.333 e. The molecule has 0 aromatic carbocycles. The molecule has 1 aliphatic heterocycles. The van der Waals surface area contributed by atoms with Gasteiger partial charge in [0.25, 0.3) is 0 Å². The summed E-state index contributed by atoms with van der Waals surface area (Å²) in [6, 6.07) is 0. The SMILES string of the molecule is CC(C)(C)CC(=O)N1CCn2ncnc2C1. The van der Waals surface area contributed by atoms with E-state index in [0.717, 1.165) is 18.9 Å². The second-order valence-electron chi connectivity index (χ2n) is 5.45. The van der Waals surface area contributed by atoms with E-state index in [2.05, 4.69) is 30.9 Å². The van der Waals surface area contributed by atoms with E-state index in [1.165, 1.54) is 0 Å². The van der Waals surface area contributed by atoms with Crippen LogP contribution in [0.25, 0.3) is 0 Å². The van der Waals surface area contributed by atoms with Gasteiger partial charge in [0, 0.05) is 13.0 Å². The monoisotopic (exact) mass is 222 g/mol. The quantitative estimate of drug-likeness (QED) is 0.714. The molecule has 1 aromatic heterocycles. The van der Waals surface area contributed by atoms with Crippen LogP contribution in [0.4, 0.5) is 0 Å². The molecule has 0 unspecified atom stereocenters. The van der Waals surface area contributed by atoms with Crippen LogP contribution in [0.1, 0.15) is 33.0 Å². The molecule has 0 bridgehead atoms. The molecular formula is C11H18N4O. The number of hydrogen-bond donors (Lipinski definition) is 0. The van der Waals surface area contributed by atoms with Crippen molar-refractivity contribution in [1.29, 1.82) is 0 Å². The van der Waals surface area contributed by atoms with Gasteiger partial charge in [-0.1, -0.05) is 20.8 Å². The molecule has 0 saturated heterocycles. The fourth-order valence-electron chi connectivity index (χ4n) is 1.84. The van der Waals surface area contributed by atoms with Gasteiger partial charge in [-0.3, -0.25) is 4.79 Å². The highest BCUT2D eigenvalue weighted by molar-refractivity contribution is 5.76. The molecule has 0 radical (unpaired) electrons. The van der Waals surface area contributed by atoms with Gasteiger partial charge >= 0.3 is 0 Å². The second kappa shape index (κ2) is 3.88. The van der Waals surface area contributed by atoms with E-state index in [4.69, 9.17) is 0 Å². The molecule has 2 rings (SSSR count). The molecule has 1 amide bonds. The number of carbonyl (C=O) groups is 1. The van der Waals surface area contributed by atoms with E-state index in [9.17, 15) is 4.79 Å². The molecule has 16 heavy (non-hydrogen) atoms. The summed E-state index contributed by atoms with van der Waals surface area (Å²) < 4.78 is 1.86. The highest BCUT2D eigenvalue weighted by Crippen LogP contribution is 2.21. The third kappa shape index (κ3) is 2.40. The van der Waals surface area contributed by atoms with Crippen LogP contribution in [0.5, 0.6) is 0 Å². The average molecular weight is 222 g/mol. The van der Waals surface area contributed by atoms with Crippen molar-refractivity contribution in [3.63, 3.8) is 0 Å². The number of fused-ring (bicyclic) bond motifs is 1. The first-order chi connectivity index (χ1) is 7.46. The van der Waals surface area contributed by atoms with E-state index < -0.39 is 0 Å². The Morgan fingerprint density at radius 3 is 2.88 bits per heavy atom. The summed E-state index contributed by atoms with van der Waals surface area (Å²) in [5, 5.41) is 4.09. The maximum atomic E-state index is 12.0. The second-order valence-corrected chi connectivity index (χ2v) is 5.45. The van der Waals surface area contributed by atoms with Crippen LogP contribution < -0.4 is 0 Å². The Kier molecular flexibility index (Phi) is 2.69. The predicted molar refractivity (Wildman–Crippen MR) is 59.5 cm³/mol. The fourth-order valence-corrected chi connectivity index (χ4v) is 1.84. The van der Waals surface area contributed by atoms with Gasteiger partial charge in [0.05, 0.1) is 13.1 Å². The van der Waals surface area contributed by atoms with E-state index in [1.807, 2.05) is 9.58 Å². The molecule has 0 aliphatic carbocycles. The Balaban J connectivity index is 2.01. The van der Waals surface area contributed by atoms with Crippen molar-refractivity contribution in [2.45, 2.75) is 40.3 Å². The van der Waals surface area contributed by atoms with Gasteiger partial charge in [0.2, 0.25) is 5.91 Å². The van der Waals surface area contributed by atoms with Crippen LogP contribution in [0.15, 0.2) is 6.33 Å². The van der Waals surface area contributed by atoms with Crippen molar-refractivity contribution in [1.82, 2.24) is 19.7 Å². The lowest BCUT2D eigenvalue weighted by molar-refractivity contribution is -0.134. The predicted octanol–water partition coefficient (Wildman–Crippen LogP) is 1.06. The summed E-state index contributed by atoms with van der Waals surface area (Å²) in [5.41, 5.74) is 0.0439. The van der Waals surface area contributed by atoms with Crippen molar-refractivity contribution in [2.24, 2.45) is 5.41 Å². The van der Waals surface area contributed by atoms with Crippen LogP contribution in [0.2, 0.25) is 0 Å². The minimum absolute atomic E-state index is 0.0439. The van der Waals surface area contributed by atoms with Gasteiger partial charge in [0.15, 0.2) is 0 Å². The lowest BCUT2D eigenvalue weighted by Gasteiger charge is -2.29. The van der Waals surface area contributed by atoms with Crippen LogP contribution >= 0.6 is 0 Å². The molecule has 0 spiro atoms. The van der Waals surface area contributed by atoms with Gasteiger partial charge in [-0.15, -0.1) is 0 Å². The molecular weight excluding hydrogens is 204 g/mol. The maximum absolute atomic E-state index is 12.0. The first kappa shape index (κ1) is 11.1. The summed E-state index contributed by atoms with van der Waals surface area (Å²) in [5.74, 6) is 1.09. The Morgan fingerprint density at radius 1 is 1.44 bits per heavy atom. The number of aromatic nitrogens is 3. The van der Waals surface area contributed by atoms with E-state index in [0.29, 0.717) is 13.0 Å². The maximum Gasteiger partial charge on any atom is 0.223 e. The van der Waals surface area contributed by atoms with Crippen molar-refractivity contribution in [3.05, 3.63) is 12.2 Å². The summed E-state index contributed by atoms with van der Waals surface area (Å²) >= 11 is 0. The number of hydrogen-bond acceptors (Lipinski definition) is 3. The van der Waals surface area contributed by atoms with Crippen LogP contribution in [0, 0.1) is 5.41 Å². The van der Waals surface area contributed by atoms with E-state index in [-0.39, 0.29) is 11.3 Å². The molecule has 1 aliphatic rings. The first-order valence-electron chi connectivity index (χ1n) is 5.60. The molecule has 2 heterocycles. The zero-order valence-corrected chi connectivity index (χ0v) is 10.1. The topological polar surface area (TPSA) is 51.0 Å². The molecule has 1 aromatic rings. The molecule has 88 valence electrons. The summed E-state index contributed by atoms with van der Waals surface area (Å²) in [6.45, 7) is 8.33. The highest BCUT2D eigenvalue weighted by atomic mass is 16.2. The largest absolute Gasteiger partial charge is 0.333 e. The Hall–Kier alpha value is -1.39. The van der Waals surface area contributed by atoms with Crippen molar-refractivity contribution in [3.8, 4) is 0 Å². The Bertz CT molecular complexity index is 391. The number of nitrogens with zero attached hydrogens (tertiary/aromatic N) is 4. The molecule has 5 heteroatoms. The van der Waals surface area contributed by atoms with Crippen LogP contribution in [0.3, 0.4) is 0 Å². The molecule has 0 atom stereocenters. The standard InChI is InChI=1S/C11H18N4O/c1-11(2,3)6-10(16)14-4-5-15-9(7-14)12-8-13-15/h8H,4-7H2,1-3H3.